The van der Waals surface area contributed by atoms with Gasteiger partial charge in [-0.3, -0.25) is 0 Å². The fourth-order valence-electron chi connectivity index (χ4n) is 1.48. The van der Waals surface area contributed by atoms with Gasteiger partial charge in [-0.25, -0.2) is 0 Å². The van der Waals surface area contributed by atoms with E-state index in [1.54, 1.807) is 11.8 Å². The van der Waals surface area contributed by atoms with Crippen molar-refractivity contribution in [2.45, 2.75) is 27.2 Å². The van der Waals surface area contributed by atoms with E-state index in [2.05, 4.69) is 38.3 Å². The van der Waals surface area contributed by atoms with Crippen LogP contribution in [0.1, 0.15) is 27.2 Å². The van der Waals surface area contributed by atoms with Gasteiger partial charge in [-0.1, -0.05) is 26.8 Å². The summed E-state index contributed by atoms with van der Waals surface area (Å²) >= 11 is 1.70. The Hall–Kier alpha value is -0.680. The zero-order chi connectivity index (χ0) is 9.84. The highest BCUT2D eigenvalue weighted by molar-refractivity contribution is 8.05. The molecule has 70 valence electrons. The highest BCUT2D eigenvalue weighted by Gasteiger charge is 2.19. The summed E-state index contributed by atoms with van der Waals surface area (Å²) in [5.74, 6) is 0.822. The molecular weight excluding hydrogens is 178 g/mol. The molecule has 1 aliphatic rings. The van der Waals surface area contributed by atoms with E-state index in [1.807, 2.05) is 0 Å². The molecule has 0 aromatic carbocycles. The number of nitrogens with zero attached hydrogens (tertiary/aromatic N) is 1. The van der Waals surface area contributed by atoms with E-state index in [1.165, 1.54) is 4.91 Å². The Kier molecular flexibility index (Phi) is 3.62. The Morgan fingerprint density at radius 1 is 1.62 bits per heavy atom. The number of rotatable bonds is 2. The first-order chi connectivity index (χ1) is 6.20. The zero-order valence-corrected chi connectivity index (χ0v) is 9.19. The van der Waals surface area contributed by atoms with Gasteiger partial charge in [-0.05, 0) is 17.7 Å². The van der Waals surface area contributed by atoms with Gasteiger partial charge < -0.3 is 0 Å². The van der Waals surface area contributed by atoms with Crippen LogP contribution in [0.5, 0.6) is 0 Å². The number of thioether (sulfide) groups is 1. The van der Waals surface area contributed by atoms with Crippen LogP contribution in [0.2, 0.25) is 0 Å². The van der Waals surface area contributed by atoms with Crippen LogP contribution in [0.15, 0.2) is 22.0 Å². The second-order valence-electron chi connectivity index (χ2n) is 3.51. The van der Waals surface area contributed by atoms with Crippen LogP contribution in [0, 0.1) is 23.2 Å². The molecule has 0 aromatic heterocycles. The molecule has 0 saturated heterocycles. The Morgan fingerprint density at radius 2 is 2.31 bits per heavy atom. The fourth-order valence-corrected chi connectivity index (χ4v) is 2.49. The lowest BCUT2D eigenvalue weighted by Gasteiger charge is -2.20. The van der Waals surface area contributed by atoms with Gasteiger partial charge in [0.2, 0.25) is 0 Å². The minimum atomic E-state index is 0.351. The quantitative estimate of drug-likeness (QED) is 0.667. The third-order valence-corrected chi connectivity index (χ3v) is 3.47. The predicted octanol–water partition coefficient (Wildman–Crippen LogP) is 3.71. The molecule has 0 radical (unpaired) electrons. The third-order valence-electron chi connectivity index (χ3n) is 2.23. The van der Waals surface area contributed by atoms with Crippen molar-refractivity contribution in [3.05, 3.63) is 22.0 Å². The van der Waals surface area contributed by atoms with Crippen LogP contribution < -0.4 is 0 Å². The number of nitriles is 1. The van der Waals surface area contributed by atoms with Gasteiger partial charge >= 0.3 is 0 Å². The molecule has 0 aromatic rings. The van der Waals surface area contributed by atoms with E-state index in [9.17, 15) is 0 Å². The van der Waals surface area contributed by atoms with Gasteiger partial charge in [0.15, 0.2) is 0 Å². The van der Waals surface area contributed by atoms with Crippen molar-refractivity contribution < 1.29 is 0 Å². The standard InChI is InChI=1S/C11H15NS/c1-4-9-5-6-13-11(8(2)3)10(9)7-12/h5-6,8-9H,4H2,1-3H3. The normalized spacial score (nSPS) is 22.2. The first-order valence-corrected chi connectivity index (χ1v) is 5.56. The lowest BCUT2D eigenvalue weighted by molar-refractivity contribution is 0.714. The molecule has 1 unspecified atom stereocenters. The Balaban J connectivity index is 3.00. The average molecular weight is 193 g/mol. The highest BCUT2D eigenvalue weighted by Crippen LogP contribution is 2.37. The lowest BCUT2D eigenvalue weighted by Crippen LogP contribution is -2.06. The zero-order valence-electron chi connectivity index (χ0n) is 8.37. The van der Waals surface area contributed by atoms with Gasteiger partial charge in [-0.15, -0.1) is 11.8 Å². The van der Waals surface area contributed by atoms with Gasteiger partial charge in [-0.2, -0.15) is 5.26 Å². The summed E-state index contributed by atoms with van der Waals surface area (Å²) in [7, 11) is 0. The second-order valence-corrected chi connectivity index (χ2v) is 4.45. The maximum atomic E-state index is 9.06. The molecule has 0 saturated carbocycles. The lowest BCUT2D eigenvalue weighted by atomic mass is 9.94. The van der Waals surface area contributed by atoms with Crippen LogP contribution in [0.4, 0.5) is 0 Å². The van der Waals surface area contributed by atoms with Crippen molar-refractivity contribution in [2.75, 3.05) is 0 Å². The molecule has 0 amide bonds. The monoisotopic (exact) mass is 193 g/mol. The molecule has 1 nitrogen and oxygen atoms in total. The molecule has 0 aliphatic carbocycles. The molecule has 1 heterocycles. The van der Waals surface area contributed by atoms with Crippen LogP contribution in [-0.2, 0) is 0 Å². The largest absolute Gasteiger partial charge is 0.193 e. The van der Waals surface area contributed by atoms with E-state index in [4.69, 9.17) is 5.26 Å². The molecule has 13 heavy (non-hydrogen) atoms. The third kappa shape index (κ3) is 2.16. The van der Waals surface area contributed by atoms with Crippen molar-refractivity contribution >= 4 is 11.8 Å². The molecule has 0 N–H and O–H groups in total. The maximum Gasteiger partial charge on any atom is 0.0961 e. The molecule has 1 rings (SSSR count). The topological polar surface area (TPSA) is 23.8 Å². The minimum Gasteiger partial charge on any atom is -0.193 e. The smallest absolute Gasteiger partial charge is 0.0961 e. The molecule has 0 spiro atoms. The summed E-state index contributed by atoms with van der Waals surface area (Å²) in [5, 5.41) is 11.2. The number of hydrogen-bond donors (Lipinski definition) is 0. The van der Waals surface area contributed by atoms with E-state index in [0.29, 0.717) is 11.8 Å². The average Bonchev–Trinajstić information content (AvgIpc) is 2.16. The number of hydrogen-bond acceptors (Lipinski definition) is 2. The van der Waals surface area contributed by atoms with Crippen molar-refractivity contribution in [1.29, 1.82) is 5.26 Å². The maximum absolute atomic E-state index is 9.06. The number of allylic oxidation sites excluding steroid dienone is 3. The van der Waals surface area contributed by atoms with E-state index < -0.39 is 0 Å². The summed E-state index contributed by atoms with van der Waals surface area (Å²) in [6, 6.07) is 2.34. The molecule has 1 atom stereocenters. The van der Waals surface area contributed by atoms with Crippen LogP contribution in [0.3, 0.4) is 0 Å². The summed E-state index contributed by atoms with van der Waals surface area (Å²) in [5.41, 5.74) is 0.977. The van der Waals surface area contributed by atoms with Crippen LogP contribution in [-0.4, -0.2) is 0 Å². The van der Waals surface area contributed by atoms with Crippen molar-refractivity contribution in [3.63, 3.8) is 0 Å². The van der Waals surface area contributed by atoms with E-state index in [0.717, 1.165) is 12.0 Å². The van der Waals surface area contributed by atoms with Crippen LogP contribution >= 0.6 is 11.8 Å². The van der Waals surface area contributed by atoms with Crippen molar-refractivity contribution in [2.24, 2.45) is 11.8 Å². The molecule has 1 aliphatic heterocycles. The molecular formula is C11H15NS. The Morgan fingerprint density at radius 3 is 2.77 bits per heavy atom. The molecule has 2 heteroatoms. The van der Waals surface area contributed by atoms with E-state index in [-0.39, 0.29) is 0 Å². The molecule has 0 fully saturated rings. The fraction of sp³-hybridized carbons (Fsp3) is 0.545. The molecule has 0 bridgehead atoms. The minimum absolute atomic E-state index is 0.351. The first-order valence-electron chi connectivity index (χ1n) is 4.68. The van der Waals surface area contributed by atoms with Gasteiger partial charge in [0.05, 0.1) is 6.07 Å². The van der Waals surface area contributed by atoms with Crippen LogP contribution in [0.25, 0.3) is 0 Å². The Labute approximate surface area is 84.5 Å². The summed E-state index contributed by atoms with van der Waals surface area (Å²) < 4.78 is 0. The Bertz CT molecular complexity index is 281. The van der Waals surface area contributed by atoms with Gasteiger partial charge in [0.25, 0.3) is 0 Å². The second kappa shape index (κ2) is 4.53. The summed E-state index contributed by atoms with van der Waals surface area (Å²) in [4.78, 5) is 1.25. The first kappa shape index (κ1) is 10.4. The van der Waals surface area contributed by atoms with Gasteiger partial charge in [0, 0.05) is 16.4 Å². The SMILES string of the molecule is CCC1C=CSC(C(C)C)=C1C#N. The van der Waals surface area contributed by atoms with Crippen molar-refractivity contribution in [3.8, 4) is 6.07 Å². The summed E-state index contributed by atoms with van der Waals surface area (Å²) in [6.07, 6.45) is 3.16. The highest BCUT2D eigenvalue weighted by atomic mass is 32.2. The van der Waals surface area contributed by atoms with Gasteiger partial charge in [0.1, 0.15) is 0 Å². The summed E-state index contributed by atoms with van der Waals surface area (Å²) in [6.45, 7) is 6.41. The predicted molar refractivity (Wildman–Crippen MR) is 58.0 cm³/mol. The van der Waals surface area contributed by atoms with E-state index >= 15 is 0 Å². The van der Waals surface area contributed by atoms with Crippen molar-refractivity contribution in [1.82, 2.24) is 0 Å².